The number of halogens is 1. The summed E-state index contributed by atoms with van der Waals surface area (Å²) in [7, 11) is 1.72. The minimum Gasteiger partial charge on any atom is -0.497 e. The molecule has 2 N–H and O–H groups in total. The Labute approximate surface area is 206 Å². The lowest BCUT2D eigenvalue weighted by Crippen LogP contribution is -2.43. The number of rotatable bonds is 9. The Hall–Kier alpha value is -1.06. The average molecular weight is 544 g/mol. The average Bonchev–Trinajstić information content (AvgIpc) is 2.80. The zero-order valence-electron chi connectivity index (χ0n) is 19.4. The highest BCUT2D eigenvalue weighted by atomic mass is 127. The highest BCUT2D eigenvalue weighted by Crippen LogP contribution is 2.20. The van der Waals surface area contributed by atoms with E-state index in [0.29, 0.717) is 5.92 Å². The highest BCUT2D eigenvalue weighted by molar-refractivity contribution is 14.0. The van der Waals surface area contributed by atoms with Crippen LogP contribution in [0.2, 0.25) is 0 Å². The molecule has 0 spiro atoms. The summed E-state index contributed by atoms with van der Waals surface area (Å²) in [6, 6.07) is 8.45. The molecule has 2 saturated heterocycles. The van der Waals surface area contributed by atoms with E-state index in [1.807, 2.05) is 0 Å². The third kappa shape index (κ3) is 9.53. The number of hydrogen-bond acceptors (Lipinski definition) is 4. The first kappa shape index (κ1) is 26.2. The first-order valence-electron chi connectivity index (χ1n) is 11.9. The van der Waals surface area contributed by atoms with Gasteiger partial charge in [0.25, 0.3) is 0 Å². The summed E-state index contributed by atoms with van der Waals surface area (Å²) in [4.78, 5) is 10.0. The molecular formula is C24H42IN5O. The number of aliphatic imine (C=N–C) groups is 1. The predicted molar refractivity (Wildman–Crippen MR) is 141 cm³/mol. The zero-order chi connectivity index (χ0) is 21.0. The van der Waals surface area contributed by atoms with Crippen LogP contribution in [0.5, 0.6) is 5.75 Å². The van der Waals surface area contributed by atoms with Gasteiger partial charge in [0.15, 0.2) is 5.96 Å². The number of hydrogen-bond donors (Lipinski definition) is 2. The maximum absolute atomic E-state index is 5.25. The van der Waals surface area contributed by atoms with E-state index >= 15 is 0 Å². The summed E-state index contributed by atoms with van der Waals surface area (Å²) in [5, 5.41) is 6.95. The number of nitrogens with one attached hydrogen (secondary N) is 2. The molecule has 0 radical (unpaired) electrons. The van der Waals surface area contributed by atoms with Crippen molar-refractivity contribution in [3.63, 3.8) is 0 Å². The lowest BCUT2D eigenvalue weighted by Gasteiger charge is -2.31. The molecule has 176 valence electrons. The quantitative estimate of drug-likeness (QED) is 0.284. The Kier molecular flexibility index (Phi) is 12.6. The molecule has 2 aliphatic rings. The van der Waals surface area contributed by atoms with E-state index in [1.54, 1.807) is 7.11 Å². The van der Waals surface area contributed by atoms with Crippen LogP contribution in [0.3, 0.4) is 0 Å². The summed E-state index contributed by atoms with van der Waals surface area (Å²) in [5.41, 5.74) is 1.36. The third-order valence-electron chi connectivity index (χ3n) is 6.29. The van der Waals surface area contributed by atoms with E-state index in [0.717, 1.165) is 57.5 Å². The van der Waals surface area contributed by atoms with Crippen LogP contribution in [0, 0.1) is 5.92 Å². The normalized spacial score (nSPS) is 19.0. The second-order valence-electron chi connectivity index (χ2n) is 8.62. The second kappa shape index (κ2) is 14.9. The number of benzene rings is 1. The van der Waals surface area contributed by atoms with Gasteiger partial charge in [0.05, 0.1) is 7.11 Å². The molecule has 0 amide bonds. The fourth-order valence-electron chi connectivity index (χ4n) is 4.39. The summed E-state index contributed by atoms with van der Waals surface area (Å²) in [5.74, 6) is 2.60. The molecule has 1 aromatic rings. The van der Waals surface area contributed by atoms with Crippen LogP contribution >= 0.6 is 24.0 Å². The van der Waals surface area contributed by atoms with Crippen LogP contribution < -0.4 is 15.4 Å². The van der Waals surface area contributed by atoms with Gasteiger partial charge < -0.3 is 20.3 Å². The molecule has 2 aliphatic heterocycles. The van der Waals surface area contributed by atoms with Gasteiger partial charge in [-0.15, -0.1) is 24.0 Å². The van der Waals surface area contributed by atoms with Crippen LogP contribution in [-0.4, -0.2) is 75.2 Å². The molecule has 2 heterocycles. The molecule has 1 aromatic carbocycles. The third-order valence-corrected chi connectivity index (χ3v) is 6.29. The van der Waals surface area contributed by atoms with Crippen molar-refractivity contribution in [3.8, 4) is 5.75 Å². The van der Waals surface area contributed by atoms with Gasteiger partial charge in [-0.25, -0.2) is 0 Å². The van der Waals surface area contributed by atoms with E-state index in [2.05, 4.69) is 51.6 Å². The number of nitrogens with zero attached hydrogens (tertiary/aromatic N) is 3. The molecule has 6 nitrogen and oxygen atoms in total. The molecule has 2 fully saturated rings. The Morgan fingerprint density at radius 1 is 1.00 bits per heavy atom. The Bertz CT molecular complexity index is 625. The molecule has 0 bridgehead atoms. The van der Waals surface area contributed by atoms with Gasteiger partial charge in [0.1, 0.15) is 5.75 Å². The first-order chi connectivity index (χ1) is 14.8. The van der Waals surface area contributed by atoms with E-state index in [9.17, 15) is 0 Å². The second-order valence-corrected chi connectivity index (χ2v) is 8.62. The van der Waals surface area contributed by atoms with Gasteiger partial charge in [-0.05, 0) is 82.4 Å². The molecule has 31 heavy (non-hydrogen) atoms. The molecule has 0 saturated carbocycles. The SMILES string of the molecule is CCNC(=NCC1CCN(Cc2ccc(OC)cc2)CC1)NCCN1CCCCC1.I. The van der Waals surface area contributed by atoms with Crippen LogP contribution in [0.1, 0.15) is 44.6 Å². The summed E-state index contributed by atoms with van der Waals surface area (Å²) in [6.07, 6.45) is 6.56. The van der Waals surface area contributed by atoms with E-state index in [4.69, 9.17) is 9.73 Å². The fourth-order valence-corrected chi connectivity index (χ4v) is 4.39. The van der Waals surface area contributed by atoms with E-state index in [1.165, 1.54) is 50.8 Å². The van der Waals surface area contributed by atoms with E-state index < -0.39 is 0 Å². The highest BCUT2D eigenvalue weighted by Gasteiger charge is 2.19. The zero-order valence-corrected chi connectivity index (χ0v) is 21.8. The summed E-state index contributed by atoms with van der Waals surface area (Å²) >= 11 is 0. The number of likely N-dealkylation sites (tertiary alicyclic amines) is 2. The number of guanidine groups is 1. The standard InChI is InChI=1S/C24H41N5O.HI/c1-3-25-24(26-13-18-28-14-5-4-6-15-28)27-19-21-11-16-29(17-12-21)20-22-7-9-23(30-2)10-8-22;/h7-10,21H,3-6,11-20H2,1-2H3,(H2,25,26,27);1H. The van der Waals surface area contributed by atoms with E-state index in [-0.39, 0.29) is 24.0 Å². The molecule has 0 aromatic heterocycles. The van der Waals surface area contributed by atoms with Crippen LogP contribution in [0.4, 0.5) is 0 Å². The predicted octanol–water partition coefficient (Wildman–Crippen LogP) is 3.57. The largest absolute Gasteiger partial charge is 0.497 e. The molecular weight excluding hydrogens is 501 g/mol. The monoisotopic (exact) mass is 543 g/mol. The van der Waals surface area contributed by atoms with Crippen LogP contribution in [-0.2, 0) is 6.54 Å². The van der Waals surface area contributed by atoms with Crippen molar-refractivity contribution in [2.45, 2.75) is 45.6 Å². The maximum atomic E-state index is 5.25. The molecule has 0 atom stereocenters. The smallest absolute Gasteiger partial charge is 0.191 e. The first-order valence-corrected chi connectivity index (χ1v) is 11.9. The maximum Gasteiger partial charge on any atom is 0.191 e. The molecule has 0 unspecified atom stereocenters. The lowest BCUT2D eigenvalue weighted by atomic mass is 9.96. The Morgan fingerprint density at radius 2 is 1.71 bits per heavy atom. The Morgan fingerprint density at radius 3 is 2.35 bits per heavy atom. The summed E-state index contributed by atoms with van der Waals surface area (Å²) in [6.45, 7) is 11.9. The number of ether oxygens (including phenoxy) is 1. The minimum absolute atomic E-state index is 0. The molecule has 0 aliphatic carbocycles. The van der Waals surface area contributed by atoms with Gasteiger partial charge in [0, 0.05) is 32.7 Å². The minimum atomic E-state index is 0. The van der Waals surface area contributed by atoms with Gasteiger partial charge in [-0.2, -0.15) is 0 Å². The number of methoxy groups -OCH3 is 1. The van der Waals surface area contributed by atoms with Crippen molar-refractivity contribution >= 4 is 29.9 Å². The van der Waals surface area contributed by atoms with Crippen molar-refractivity contribution < 1.29 is 4.74 Å². The number of piperidine rings is 2. The van der Waals surface area contributed by atoms with Gasteiger partial charge >= 0.3 is 0 Å². The van der Waals surface area contributed by atoms with Crippen molar-refractivity contribution in [2.24, 2.45) is 10.9 Å². The van der Waals surface area contributed by atoms with Crippen LogP contribution in [0.25, 0.3) is 0 Å². The molecule has 3 rings (SSSR count). The fraction of sp³-hybridized carbons (Fsp3) is 0.708. The van der Waals surface area contributed by atoms with Crippen molar-refractivity contribution in [3.05, 3.63) is 29.8 Å². The van der Waals surface area contributed by atoms with Crippen molar-refractivity contribution in [1.82, 2.24) is 20.4 Å². The lowest BCUT2D eigenvalue weighted by molar-refractivity contribution is 0.180. The van der Waals surface area contributed by atoms with Crippen molar-refractivity contribution in [2.75, 3.05) is 59.5 Å². The summed E-state index contributed by atoms with van der Waals surface area (Å²) < 4.78 is 5.25. The molecule has 7 heteroatoms. The van der Waals surface area contributed by atoms with Gasteiger partial charge in [-0.3, -0.25) is 9.89 Å². The van der Waals surface area contributed by atoms with Crippen LogP contribution in [0.15, 0.2) is 29.3 Å². The van der Waals surface area contributed by atoms with Crippen molar-refractivity contribution in [1.29, 1.82) is 0 Å². The Balaban J connectivity index is 0.00000341. The topological polar surface area (TPSA) is 52.1 Å². The van der Waals surface area contributed by atoms with Gasteiger partial charge in [0.2, 0.25) is 0 Å². The van der Waals surface area contributed by atoms with Gasteiger partial charge in [-0.1, -0.05) is 18.6 Å².